The first-order valence-electron chi connectivity index (χ1n) is 6.80. The monoisotopic (exact) mass is 313 g/mol. The summed E-state index contributed by atoms with van der Waals surface area (Å²) in [7, 11) is 0. The molecule has 0 aromatic carbocycles. The molecule has 1 aromatic heterocycles. The molecule has 1 aromatic rings. The highest BCUT2D eigenvalue weighted by Gasteiger charge is 2.14. The van der Waals surface area contributed by atoms with Crippen molar-refractivity contribution in [2.45, 2.75) is 26.2 Å². The molecule has 0 saturated carbocycles. The molecule has 122 valence electrons. The number of carbonyl (C=O) groups excluding carboxylic acids is 1. The summed E-state index contributed by atoms with van der Waals surface area (Å²) < 4.78 is 4.88. The Morgan fingerprint density at radius 3 is 2.27 bits per heavy atom. The number of anilines is 1. The molecular formula is C13H19N3O6. The molecule has 0 atom stereocenters. The quantitative estimate of drug-likeness (QED) is 0.689. The minimum Gasteiger partial charge on any atom is -0.473 e. The normalized spacial score (nSPS) is 14.6. The summed E-state index contributed by atoms with van der Waals surface area (Å²) in [6.07, 6.45) is 3.66. The fraction of sp³-hybridized carbons (Fsp3) is 0.538. The van der Waals surface area contributed by atoms with Crippen molar-refractivity contribution in [2.75, 3.05) is 25.0 Å². The molecule has 9 heteroatoms. The van der Waals surface area contributed by atoms with Crippen molar-refractivity contribution in [2.24, 2.45) is 0 Å². The van der Waals surface area contributed by atoms with E-state index < -0.39 is 11.9 Å². The highest BCUT2D eigenvalue weighted by Crippen LogP contribution is 2.10. The first-order chi connectivity index (χ1) is 10.4. The second-order valence-electron chi connectivity index (χ2n) is 4.82. The van der Waals surface area contributed by atoms with Crippen LogP contribution in [0.1, 0.15) is 25.0 Å². The van der Waals surface area contributed by atoms with Gasteiger partial charge in [-0.2, -0.15) is 0 Å². The highest BCUT2D eigenvalue weighted by atomic mass is 16.5. The second-order valence-corrected chi connectivity index (χ2v) is 4.82. The Hall–Kier alpha value is -2.42. The number of likely N-dealkylation sites (tertiary alicyclic amines) is 1. The summed E-state index contributed by atoms with van der Waals surface area (Å²) in [4.78, 5) is 32.0. The maximum Gasteiger partial charge on any atom is 0.414 e. The molecule has 1 aliphatic heterocycles. The summed E-state index contributed by atoms with van der Waals surface area (Å²) in [5.41, 5.74) is 0. The first kappa shape index (κ1) is 17.6. The van der Waals surface area contributed by atoms with Crippen molar-refractivity contribution in [3.63, 3.8) is 0 Å². The van der Waals surface area contributed by atoms with Crippen LogP contribution >= 0.6 is 0 Å². The summed E-state index contributed by atoms with van der Waals surface area (Å²) in [6, 6.07) is 1.72. The number of amides is 1. The summed E-state index contributed by atoms with van der Waals surface area (Å²) in [5, 5.41) is 21.2. The fourth-order valence-electron chi connectivity index (χ4n) is 1.93. The molecule has 0 spiro atoms. The maximum absolute atomic E-state index is 11.7. The zero-order chi connectivity index (χ0) is 16.5. The lowest BCUT2D eigenvalue weighted by atomic mass is 10.1. The Morgan fingerprint density at radius 1 is 1.23 bits per heavy atom. The van der Waals surface area contributed by atoms with E-state index in [1.54, 1.807) is 13.0 Å². The molecule has 0 bridgehead atoms. The molecule has 9 nitrogen and oxygen atoms in total. The molecule has 1 saturated heterocycles. The predicted molar refractivity (Wildman–Crippen MR) is 75.4 cm³/mol. The Morgan fingerprint density at radius 2 is 1.82 bits per heavy atom. The van der Waals surface area contributed by atoms with Crippen LogP contribution in [0.3, 0.4) is 0 Å². The van der Waals surface area contributed by atoms with Gasteiger partial charge in [0.15, 0.2) is 5.82 Å². The van der Waals surface area contributed by atoms with Crippen molar-refractivity contribution in [3.8, 4) is 0 Å². The van der Waals surface area contributed by atoms with Gasteiger partial charge in [-0.15, -0.1) is 0 Å². The number of carboxylic acids is 2. The molecule has 22 heavy (non-hydrogen) atoms. The van der Waals surface area contributed by atoms with E-state index in [9.17, 15) is 4.79 Å². The van der Waals surface area contributed by atoms with Gasteiger partial charge in [-0.1, -0.05) is 11.6 Å². The van der Waals surface area contributed by atoms with Crippen molar-refractivity contribution in [1.29, 1.82) is 0 Å². The van der Waals surface area contributed by atoms with Crippen molar-refractivity contribution in [1.82, 2.24) is 10.1 Å². The van der Waals surface area contributed by atoms with Crippen LogP contribution < -0.4 is 5.32 Å². The number of aliphatic carboxylic acids is 2. The molecule has 2 heterocycles. The molecular weight excluding hydrogens is 294 g/mol. The van der Waals surface area contributed by atoms with E-state index in [4.69, 9.17) is 24.3 Å². The van der Waals surface area contributed by atoms with Crippen LogP contribution in [0.25, 0.3) is 0 Å². The third kappa shape index (κ3) is 6.84. The lowest BCUT2D eigenvalue weighted by Gasteiger charge is -2.25. The number of nitrogens with zero attached hydrogens (tertiary/aromatic N) is 2. The van der Waals surface area contributed by atoms with Crippen LogP contribution in [0, 0.1) is 6.92 Å². The summed E-state index contributed by atoms with van der Waals surface area (Å²) in [5.74, 6) is -2.46. The predicted octanol–water partition coefficient (Wildman–Crippen LogP) is 0.563. The SMILES string of the molecule is Cc1cc(NC(=O)CN2CCCCC2)no1.O=C(O)C(=O)O. The minimum atomic E-state index is -1.82. The molecule has 1 fully saturated rings. The number of carbonyl (C=O) groups is 3. The van der Waals surface area contributed by atoms with Gasteiger partial charge in [-0.3, -0.25) is 9.69 Å². The van der Waals surface area contributed by atoms with E-state index in [0.29, 0.717) is 18.1 Å². The lowest BCUT2D eigenvalue weighted by molar-refractivity contribution is -0.159. The van der Waals surface area contributed by atoms with E-state index >= 15 is 0 Å². The number of hydrogen-bond donors (Lipinski definition) is 3. The first-order valence-corrected chi connectivity index (χ1v) is 6.80. The van der Waals surface area contributed by atoms with Crippen LogP contribution in [0.2, 0.25) is 0 Å². The molecule has 0 aliphatic carbocycles. The number of nitrogens with one attached hydrogen (secondary N) is 1. The van der Waals surface area contributed by atoms with Crippen LogP contribution in [0.5, 0.6) is 0 Å². The van der Waals surface area contributed by atoms with Crippen LogP contribution in [-0.2, 0) is 14.4 Å². The van der Waals surface area contributed by atoms with Crippen molar-refractivity contribution < 1.29 is 29.1 Å². The highest BCUT2D eigenvalue weighted by molar-refractivity contribution is 6.27. The van der Waals surface area contributed by atoms with Gasteiger partial charge < -0.3 is 20.1 Å². The average molecular weight is 313 g/mol. The third-order valence-electron chi connectivity index (χ3n) is 2.89. The van der Waals surface area contributed by atoms with Crippen LogP contribution in [0.15, 0.2) is 10.6 Å². The van der Waals surface area contributed by atoms with Gasteiger partial charge in [-0.25, -0.2) is 9.59 Å². The number of aryl methyl sites for hydroxylation is 1. The van der Waals surface area contributed by atoms with Gasteiger partial charge in [0, 0.05) is 6.07 Å². The number of aromatic nitrogens is 1. The standard InChI is InChI=1S/C11H17N3O2.C2H2O4/c1-9-7-10(13-16-9)12-11(15)8-14-5-3-2-4-6-14;3-1(4)2(5)6/h7H,2-6,8H2,1H3,(H,12,13,15);(H,3,4)(H,5,6). The van der Waals surface area contributed by atoms with Crippen LogP contribution in [0.4, 0.5) is 5.82 Å². The summed E-state index contributed by atoms with van der Waals surface area (Å²) in [6.45, 7) is 4.29. The third-order valence-corrected chi connectivity index (χ3v) is 2.89. The van der Waals surface area contributed by atoms with Gasteiger partial charge in [-0.05, 0) is 32.9 Å². The Balaban J connectivity index is 0.000000346. The molecule has 0 radical (unpaired) electrons. The van der Waals surface area contributed by atoms with E-state index in [0.717, 1.165) is 13.1 Å². The fourth-order valence-corrected chi connectivity index (χ4v) is 1.93. The zero-order valence-corrected chi connectivity index (χ0v) is 12.2. The molecule has 2 rings (SSSR count). The van der Waals surface area contributed by atoms with E-state index in [1.807, 2.05) is 0 Å². The number of hydrogen-bond acceptors (Lipinski definition) is 6. The number of piperidine rings is 1. The van der Waals surface area contributed by atoms with Crippen molar-refractivity contribution >= 4 is 23.7 Å². The Labute approximate surface area is 126 Å². The molecule has 3 N–H and O–H groups in total. The largest absolute Gasteiger partial charge is 0.473 e. The van der Waals surface area contributed by atoms with Gasteiger partial charge >= 0.3 is 11.9 Å². The molecule has 1 amide bonds. The smallest absolute Gasteiger partial charge is 0.414 e. The number of carboxylic acid groups (broad SMARTS) is 2. The topological polar surface area (TPSA) is 133 Å². The molecule has 1 aliphatic rings. The van der Waals surface area contributed by atoms with Gasteiger partial charge in [0.05, 0.1) is 6.54 Å². The van der Waals surface area contributed by atoms with Gasteiger partial charge in [0.25, 0.3) is 0 Å². The maximum atomic E-state index is 11.7. The average Bonchev–Trinajstić information content (AvgIpc) is 2.85. The van der Waals surface area contributed by atoms with E-state index in [-0.39, 0.29) is 5.91 Å². The van der Waals surface area contributed by atoms with E-state index in [2.05, 4.69) is 15.4 Å². The minimum absolute atomic E-state index is 0.0183. The van der Waals surface area contributed by atoms with Crippen molar-refractivity contribution in [3.05, 3.63) is 11.8 Å². The van der Waals surface area contributed by atoms with Gasteiger partial charge in [0.2, 0.25) is 5.91 Å². The number of rotatable bonds is 3. The Bertz CT molecular complexity index is 510. The lowest BCUT2D eigenvalue weighted by Crippen LogP contribution is -2.36. The summed E-state index contributed by atoms with van der Waals surface area (Å²) >= 11 is 0. The zero-order valence-electron chi connectivity index (χ0n) is 12.2. The van der Waals surface area contributed by atoms with Gasteiger partial charge in [0.1, 0.15) is 5.76 Å². The molecule has 0 unspecified atom stereocenters. The van der Waals surface area contributed by atoms with Crippen LogP contribution in [-0.4, -0.2) is 57.7 Å². The second kappa shape index (κ2) is 8.78. The van der Waals surface area contributed by atoms with E-state index in [1.165, 1.54) is 19.3 Å². The Kier molecular flexibility index (Phi) is 7.03.